The molecule has 0 bridgehead atoms. The van der Waals surface area contributed by atoms with E-state index in [0.29, 0.717) is 0 Å². The predicted octanol–water partition coefficient (Wildman–Crippen LogP) is 0.456. The molecule has 1 unspecified atom stereocenters. The molecule has 14 heavy (non-hydrogen) atoms. The Balaban J connectivity index is 2.41. The van der Waals surface area contributed by atoms with E-state index in [1.807, 2.05) is 13.8 Å². The van der Waals surface area contributed by atoms with Crippen LogP contribution in [0.2, 0.25) is 0 Å². The van der Waals surface area contributed by atoms with Crippen molar-refractivity contribution in [3.8, 4) is 0 Å². The summed E-state index contributed by atoms with van der Waals surface area (Å²) in [4.78, 5) is 0. The molecule has 0 amide bonds. The van der Waals surface area contributed by atoms with Gasteiger partial charge in [-0.05, 0) is 33.2 Å². The van der Waals surface area contributed by atoms with Crippen LogP contribution in [0.5, 0.6) is 0 Å². The number of piperidine rings is 1. The standard InChI is InChI=1S/C9H20N2O2S/c1-8(2)11-14(12,13)7-9-5-3-4-6-10-9/h8-11H,3-7H2,1-2H3. The minimum absolute atomic E-state index is 0.0106. The van der Waals surface area contributed by atoms with Crippen LogP contribution in [0.1, 0.15) is 33.1 Å². The van der Waals surface area contributed by atoms with Gasteiger partial charge in [0.25, 0.3) is 0 Å². The van der Waals surface area contributed by atoms with Crippen molar-refractivity contribution in [2.75, 3.05) is 12.3 Å². The Morgan fingerprint density at radius 2 is 2.14 bits per heavy atom. The second-order valence-corrected chi connectivity index (χ2v) is 6.00. The van der Waals surface area contributed by atoms with Crippen LogP contribution in [0, 0.1) is 0 Å². The molecule has 0 aromatic heterocycles. The zero-order valence-electron chi connectivity index (χ0n) is 8.91. The Morgan fingerprint density at radius 1 is 1.43 bits per heavy atom. The van der Waals surface area contributed by atoms with Gasteiger partial charge in [0, 0.05) is 12.1 Å². The topological polar surface area (TPSA) is 58.2 Å². The van der Waals surface area contributed by atoms with Crippen LogP contribution in [0.15, 0.2) is 0 Å². The SMILES string of the molecule is CC(C)NS(=O)(=O)CC1CCCCN1. The number of hydrogen-bond acceptors (Lipinski definition) is 3. The maximum absolute atomic E-state index is 11.6. The summed E-state index contributed by atoms with van der Waals surface area (Å²) >= 11 is 0. The summed E-state index contributed by atoms with van der Waals surface area (Å²) in [5, 5.41) is 3.23. The van der Waals surface area contributed by atoms with Crippen molar-refractivity contribution in [2.24, 2.45) is 0 Å². The Kier molecular flexibility index (Phi) is 4.34. The molecule has 1 heterocycles. The average molecular weight is 220 g/mol. The molecule has 0 aliphatic carbocycles. The van der Waals surface area contributed by atoms with Gasteiger partial charge < -0.3 is 5.32 Å². The number of sulfonamides is 1. The van der Waals surface area contributed by atoms with Gasteiger partial charge >= 0.3 is 0 Å². The van der Waals surface area contributed by atoms with Gasteiger partial charge in [0.2, 0.25) is 10.0 Å². The van der Waals surface area contributed by atoms with Crippen LogP contribution in [-0.2, 0) is 10.0 Å². The predicted molar refractivity (Wildman–Crippen MR) is 57.7 cm³/mol. The molecule has 1 atom stereocenters. The van der Waals surface area contributed by atoms with Gasteiger partial charge in [-0.15, -0.1) is 0 Å². The van der Waals surface area contributed by atoms with Crippen LogP contribution in [0.3, 0.4) is 0 Å². The third-order valence-electron chi connectivity index (χ3n) is 2.25. The summed E-state index contributed by atoms with van der Waals surface area (Å²) in [5.74, 6) is 0.213. The normalized spacial score (nSPS) is 24.1. The fraction of sp³-hybridized carbons (Fsp3) is 1.00. The van der Waals surface area contributed by atoms with Crippen LogP contribution in [-0.4, -0.2) is 32.8 Å². The molecule has 0 aromatic carbocycles. The highest BCUT2D eigenvalue weighted by atomic mass is 32.2. The largest absolute Gasteiger partial charge is 0.313 e. The molecule has 0 spiro atoms. The third-order valence-corrected chi connectivity index (χ3v) is 3.92. The van der Waals surface area contributed by atoms with Crippen molar-refractivity contribution in [2.45, 2.75) is 45.2 Å². The van der Waals surface area contributed by atoms with Crippen LogP contribution in [0.4, 0.5) is 0 Å². The van der Waals surface area contributed by atoms with Gasteiger partial charge in [-0.2, -0.15) is 0 Å². The monoisotopic (exact) mass is 220 g/mol. The molecule has 1 saturated heterocycles. The molecular formula is C9H20N2O2S. The van der Waals surface area contributed by atoms with Crippen LogP contribution in [0.25, 0.3) is 0 Å². The fourth-order valence-corrected chi connectivity index (χ4v) is 3.37. The molecule has 0 aromatic rings. The minimum Gasteiger partial charge on any atom is -0.313 e. The molecule has 5 heteroatoms. The summed E-state index contributed by atoms with van der Waals surface area (Å²) in [6.07, 6.45) is 3.27. The molecule has 2 N–H and O–H groups in total. The summed E-state index contributed by atoms with van der Waals surface area (Å²) in [6.45, 7) is 4.62. The number of nitrogens with one attached hydrogen (secondary N) is 2. The van der Waals surface area contributed by atoms with Gasteiger partial charge in [0.05, 0.1) is 5.75 Å². The summed E-state index contributed by atoms with van der Waals surface area (Å²) < 4.78 is 25.7. The first-order valence-electron chi connectivity index (χ1n) is 5.23. The van der Waals surface area contributed by atoms with E-state index in [-0.39, 0.29) is 17.8 Å². The van der Waals surface area contributed by atoms with E-state index < -0.39 is 10.0 Å². The van der Waals surface area contributed by atoms with E-state index in [0.717, 1.165) is 25.8 Å². The molecule has 1 aliphatic heterocycles. The fourth-order valence-electron chi connectivity index (χ4n) is 1.74. The molecule has 0 saturated carbocycles. The molecule has 1 rings (SSSR count). The highest BCUT2D eigenvalue weighted by Gasteiger charge is 2.20. The lowest BCUT2D eigenvalue weighted by Crippen LogP contribution is -2.44. The Bertz CT molecular complexity index is 256. The highest BCUT2D eigenvalue weighted by molar-refractivity contribution is 7.89. The van der Waals surface area contributed by atoms with E-state index in [9.17, 15) is 8.42 Å². The van der Waals surface area contributed by atoms with Crippen LogP contribution < -0.4 is 10.0 Å². The van der Waals surface area contributed by atoms with Gasteiger partial charge in [0.1, 0.15) is 0 Å². The zero-order valence-corrected chi connectivity index (χ0v) is 9.73. The lowest BCUT2D eigenvalue weighted by atomic mass is 10.1. The van der Waals surface area contributed by atoms with Crippen molar-refractivity contribution in [1.82, 2.24) is 10.0 Å². The Labute approximate surface area is 86.5 Å². The van der Waals surface area contributed by atoms with Gasteiger partial charge in [-0.25, -0.2) is 13.1 Å². The number of hydrogen-bond donors (Lipinski definition) is 2. The summed E-state index contributed by atoms with van der Waals surface area (Å²) in [7, 11) is -3.09. The maximum Gasteiger partial charge on any atom is 0.213 e. The van der Waals surface area contributed by atoms with Gasteiger partial charge in [-0.3, -0.25) is 0 Å². The molecule has 0 radical (unpaired) electrons. The molecule has 1 aliphatic rings. The van der Waals surface area contributed by atoms with Gasteiger partial charge in [-0.1, -0.05) is 6.42 Å². The van der Waals surface area contributed by atoms with E-state index >= 15 is 0 Å². The van der Waals surface area contributed by atoms with Crippen molar-refractivity contribution >= 4 is 10.0 Å². The second-order valence-electron chi connectivity index (χ2n) is 4.20. The first-order chi connectivity index (χ1) is 6.49. The minimum atomic E-state index is -3.09. The smallest absolute Gasteiger partial charge is 0.213 e. The van der Waals surface area contributed by atoms with Crippen molar-refractivity contribution < 1.29 is 8.42 Å². The van der Waals surface area contributed by atoms with E-state index in [1.165, 1.54) is 0 Å². The Hall–Kier alpha value is -0.130. The van der Waals surface area contributed by atoms with Gasteiger partial charge in [0.15, 0.2) is 0 Å². The lowest BCUT2D eigenvalue weighted by molar-refractivity contribution is 0.422. The number of rotatable bonds is 4. The maximum atomic E-state index is 11.6. The first kappa shape index (κ1) is 11.9. The summed E-state index contributed by atoms with van der Waals surface area (Å²) in [6, 6.07) is 0.128. The lowest BCUT2D eigenvalue weighted by Gasteiger charge is -2.23. The average Bonchev–Trinajstić information content (AvgIpc) is 2.02. The zero-order chi connectivity index (χ0) is 10.6. The quantitative estimate of drug-likeness (QED) is 0.723. The second kappa shape index (κ2) is 5.09. The third kappa shape index (κ3) is 4.39. The molecule has 84 valence electrons. The molecule has 4 nitrogen and oxygen atoms in total. The Morgan fingerprint density at radius 3 is 2.64 bits per heavy atom. The van der Waals surface area contributed by atoms with Crippen molar-refractivity contribution in [3.05, 3.63) is 0 Å². The van der Waals surface area contributed by atoms with Crippen LogP contribution >= 0.6 is 0 Å². The van der Waals surface area contributed by atoms with Crippen molar-refractivity contribution in [3.63, 3.8) is 0 Å². The van der Waals surface area contributed by atoms with E-state index in [4.69, 9.17) is 0 Å². The molecular weight excluding hydrogens is 200 g/mol. The summed E-state index contributed by atoms with van der Waals surface area (Å²) in [5.41, 5.74) is 0. The highest BCUT2D eigenvalue weighted by Crippen LogP contribution is 2.08. The molecule has 1 fully saturated rings. The van der Waals surface area contributed by atoms with E-state index in [1.54, 1.807) is 0 Å². The first-order valence-corrected chi connectivity index (χ1v) is 6.88. The van der Waals surface area contributed by atoms with E-state index in [2.05, 4.69) is 10.0 Å². The van der Waals surface area contributed by atoms with Crippen molar-refractivity contribution in [1.29, 1.82) is 0 Å².